The average molecular weight is 541 g/mol. The Morgan fingerprint density at radius 3 is 2.00 bits per heavy atom. The maximum Gasteiger partial charge on any atom is 0.161 e. The third-order valence-electron chi connectivity index (χ3n) is 8.54. The van der Waals surface area contributed by atoms with Crippen LogP contribution in [-0.2, 0) is 5.41 Å². The van der Waals surface area contributed by atoms with Gasteiger partial charge in [0.1, 0.15) is 11.3 Å². The minimum absolute atomic E-state index is 0.0979. The van der Waals surface area contributed by atoms with Crippen LogP contribution in [0.4, 0.5) is 0 Å². The molecule has 7 aromatic rings. The van der Waals surface area contributed by atoms with Crippen molar-refractivity contribution < 1.29 is 4.42 Å². The number of rotatable bonds is 4. The standard InChI is InChI=1S/C39H28N2O/c1-39(2)31-20-10-9-18-29(31)37-30(19-12-21-32(37)39)33-24-34(36-23-26-15-6-11-22-35(26)42-36)41-38(40-33)28-17-8-7-16-27(28)25-13-4-3-5-14-25/h3-24H,1-2H3. The Morgan fingerprint density at radius 1 is 0.524 bits per heavy atom. The third-order valence-corrected chi connectivity index (χ3v) is 8.54. The molecule has 0 spiro atoms. The molecule has 8 rings (SSSR count). The number of para-hydroxylation sites is 1. The molecule has 2 heterocycles. The van der Waals surface area contributed by atoms with Gasteiger partial charge in [0.05, 0.1) is 5.69 Å². The molecule has 1 aliphatic carbocycles. The normalized spacial score (nSPS) is 13.2. The molecule has 0 radical (unpaired) electrons. The van der Waals surface area contributed by atoms with E-state index in [1.165, 1.54) is 22.3 Å². The Labute approximate surface area is 245 Å². The van der Waals surface area contributed by atoms with E-state index in [9.17, 15) is 0 Å². The van der Waals surface area contributed by atoms with Crippen molar-refractivity contribution in [2.45, 2.75) is 19.3 Å². The van der Waals surface area contributed by atoms with E-state index in [2.05, 4.69) is 123 Å². The first-order valence-electron chi connectivity index (χ1n) is 14.3. The van der Waals surface area contributed by atoms with E-state index in [4.69, 9.17) is 14.4 Å². The van der Waals surface area contributed by atoms with Gasteiger partial charge in [0.25, 0.3) is 0 Å². The second-order valence-corrected chi connectivity index (χ2v) is 11.4. The van der Waals surface area contributed by atoms with Gasteiger partial charge < -0.3 is 4.42 Å². The van der Waals surface area contributed by atoms with Crippen LogP contribution in [0.1, 0.15) is 25.0 Å². The fourth-order valence-electron chi connectivity index (χ4n) is 6.46. The molecule has 0 unspecified atom stereocenters. The molecule has 200 valence electrons. The molecule has 3 nitrogen and oxygen atoms in total. The summed E-state index contributed by atoms with van der Waals surface area (Å²) in [4.78, 5) is 10.4. The monoisotopic (exact) mass is 540 g/mol. The maximum absolute atomic E-state index is 6.34. The minimum Gasteiger partial charge on any atom is -0.454 e. The van der Waals surface area contributed by atoms with Crippen molar-refractivity contribution in [1.29, 1.82) is 0 Å². The number of fused-ring (bicyclic) bond motifs is 4. The molecule has 0 aliphatic heterocycles. The first-order valence-corrected chi connectivity index (χ1v) is 14.3. The molecule has 1 aliphatic rings. The Bertz CT molecular complexity index is 2090. The van der Waals surface area contributed by atoms with Crippen molar-refractivity contribution in [3.8, 4) is 56.4 Å². The summed E-state index contributed by atoms with van der Waals surface area (Å²) >= 11 is 0. The van der Waals surface area contributed by atoms with Gasteiger partial charge in [0.15, 0.2) is 11.6 Å². The number of benzene rings is 5. The lowest BCUT2D eigenvalue weighted by atomic mass is 9.82. The van der Waals surface area contributed by atoms with Gasteiger partial charge in [0.2, 0.25) is 0 Å². The fraction of sp³-hybridized carbons (Fsp3) is 0.0769. The Morgan fingerprint density at radius 2 is 1.17 bits per heavy atom. The van der Waals surface area contributed by atoms with E-state index in [0.29, 0.717) is 5.82 Å². The van der Waals surface area contributed by atoms with E-state index < -0.39 is 0 Å². The number of hydrogen-bond acceptors (Lipinski definition) is 3. The van der Waals surface area contributed by atoms with Gasteiger partial charge in [-0.05, 0) is 51.6 Å². The summed E-state index contributed by atoms with van der Waals surface area (Å²) in [6.07, 6.45) is 0. The first-order chi connectivity index (χ1) is 20.6. The van der Waals surface area contributed by atoms with E-state index >= 15 is 0 Å². The summed E-state index contributed by atoms with van der Waals surface area (Å²) < 4.78 is 6.34. The van der Waals surface area contributed by atoms with E-state index in [-0.39, 0.29) is 5.41 Å². The molecular formula is C39H28N2O. The SMILES string of the molecule is CC1(C)c2ccccc2-c2c(-c3cc(-c4cc5ccccc5o4)nc(-c4ccccc4-c4ccccc4)n3)cccc21. The smallest absolute Gasteiger partial charge is 0.161 e. The van der Waals surface area contributed by atoms with Gasteiger partial charge in [-0.3, -0.25) is 0 Å². The summed E-state index contributed by atoms with van der Waals surface area (Å²) in [6.45, 7) is 4.62. The predicted octanol–water partition coefficient (Wildman–Crippen LogP) is 10.2. The zero-order chi connectivity index (χ0) is 28.3. The largest absolute Gasteiger partial charge is 0.454 e. The molecule has 0 saturated heterocycles. The average Bonchev–Trinajstić information content (AvgIpc) is 3.58. The molecule has 0 N–H and O–H groups in total. The second-order valence-electron chi connectivity index (χ2n) is 11.4. The number of nitrogens with zero attached hydrogens (tertiary/aromatic N) is 2. The number of furan rings is 1. The van der Waals surface area contributed by atoms with Crippen LogP contribution in [0.5, 0.6) is 0 Å². The van der Waals surface area contributed by atoms with Crippen LogP contribution < -0.4 is 0 Å². The van der Waals surface area contributed by atoms with Crippen LogP contribution in [0.3, 0.4) is 0 Å². The molecule has 42 heavy (non-hydrogen) atoms. The van der Waals surface area contributed by atoms with Crippen LogP contribution in [0.25, 0.3) is 67.3 Å². The summed E-state index contributed by atoms with van der Waals surface area (Å²) in [7, 11) is 0. The number of hydrogen-bond donors (Lipinski definition) is 0. The van der Waals surface area contributed by atoms with Crippen molar-refractivity contribution in [3.63, 3.8) is 0 Å². The molecule has 0 bridgehead atoms. The molecule has 2 aromatic heterocycles. The van der Waals surface area contributed by atoms with Crippen LogP contribution in [0, 0.1) is 0 Å². The minimum atomic E-state index is -0.0979. The number of aromatic nitrogens is 2. The molecule has 3 heteroatoms. The van der Waals surface area contributed by atoms with Crippen LogP contribution in [0.15, 0.2) is 138 Å². The highest BCUT2D eigenvalue weighted by Gasteiger charge is 2.36. The predicted molar refractivity (Wildman–Crippen MR) is 171 cm³/mol. The van der Waals surface area contributed by atoms with E-state index in [1.54, 1.807) is 0 Å². The Kier molecular flexibility index (Phi) is 5.48. The van der Waals surface area contributed by atoms with Crippen LogP contribution in [-0.4, -0.2) is 9.97 Å². The van der Waals surface area contributed by atoms with Crippen molar-refractivity contribution in [3.05, 3.63) is 145 Å². The van der Waals surface area contributed by atoms with Gasteiger partial charge in [-0.15, -0.1) is 0 Å². The highest BCUT2D eigenvalue weighted by Crippen LogP contribution is 2.52. The lowest BCUT2D eigenvalue weighted by molar-refractivity contribution is 0.628. The van der Waals surface area contributed by atoms with Crippen LogP contribution in [0.2, 0.25) is 0 Å². The fourth-order valence-corrected chi connectivity index (χ4v) is 6.46. The lowest BCUT2D eigenvalue weighted by Gasteiger charge is -2.21. The van der Waals surface area contributed by atoms with Crippen molar-refractivity contribution >= 4 is 11.0 Å². The molecule has 0 atom stereocenters. The molecule has 0 fully saturated rings. The summed E-state index contributed by atoms with van der Waals surface area (Å²) in [5.74, 6) is 1.40. The van der Waals surface area contributed by atoms with E-state index in [0.717, 1.165) is 50.4 Å². The molecule has 0 amide bonds. The van der Waals surface area contributed by atoms with Crippen molar-refractivity contribution in [2.24, 2.45) is 0 Å². The Hall–Kier alpha value is -5.28. The van der Waals surface area contributed by atoms with Gasteiger partial charge in [-0.25, -0.2) is 9.97 Å². The topological polar surface area (TPSA) is 38.9 Å². The Balaban J connectivity index is 1.40. The van der Waals surface area contributed by atoms with E-state index in [1.807, 2.05) is 24.3 Å². The van der Waals surface area contributed by atoms with Crippen LogP contribution >= 0.6 is 0 Å². The molecular weight excluding hydrogens is 512 g/mol. The summed E-state index contributed by atoms with van der Waals surface area (Å²) in [6, 6.07) is 46.4. The second kappa shape index (κ2) is 9.39. The highest BCUT2D eigenvalue weighted by atomic mass is 16.3. The van der Waals surface area contributed by atoms with Gasteiger partial charge in [0, 0.05) is 21.9 Å². The van der Waals surface area contributed by atoms with Crippen molar-refractivity contribution in [2.75, 3.05) is 0 Å². The van der Waals surface area contributed by atoms with Gasteiger partial charge in [-0.2, -0.15) is 0 Å². The van der Waals surface area contributed by atoms with Gasteiger partial charge in [-0.1, -0.05) is 129 Å². The first kappa shape index (κ1) is 24.5. The highest BCUT2D eigenvalue weighted by molar-refractivity contribution is 5.93. The molecule has 0 saturated carbocycles. The zero-order valence-electron chi connectivity index (χ0n) is 23.5. The molecule has 5 aromatic carbocycles. The van der Waals surface area contributed by atoms with Crippen molar-refractivity contribution in [1.82, 2.24) is 9.97 Å². The maximum atomic E-state index is 6.34. The summed E-state index contributed by atoms with van der Waals surface area (Å²) in [5.41, 5.74) is 11.9. The third kappa shape index (κ3) is 3.82. The lowest BCUT2D eigenvalue weighted by Crippen LogP contribution is -2.14. The quantitative estimate of drug-likeness (QED) is 0.223. The van der Waals surface area contributed by atoms with Gasteiger partial charge >= 0.3 is 0 Å². The zero-order valence-corrected chi connectivity index (χ0v) is 23.5. The summed E-state index contributed by atoms with van der Waals surface area (Å²) in [5, 5.41) is 1.05.